The number of alkyl carbamates (subject to hydrolysis) is 1. The van der Waals surface area contributed by atoms with Gasteiger partial charge in [-0.2, -0.15) is 0 Å². The maximum atomic E-state index is 12.5. The number of nitrogens with one attached hydrogen (secondary N) is 1. The molecule has 0 saturated carbocycles. The van der Waals surface area contributed by atoms with Gasteiger partial charge in [0.25, 0.3) is 0 Å². The number of ether oxygens (including phenoxy) is 1. The Labute approximate surface area is 222 Å². The highest BCUT2D eigenvalue weighted by molar-refractivity contribution is 5.82. The number of piperazine rings is 1. The molecule has 1 fully saturated rings. The van der Waals surface area contributed by atoms with E-state index in [9.17, 15) is 9.59 Å². The van der Waals surface area contributed by atoms with Crippen molar-refractivity contribution in [2.24, 2.45) is 0 Å². The highest BCUT2D eigenvalue weighted by Gasteiger charge is 2.21. The van der Waals surface area contributed by atoms with Crippen molar-refractivity contribution in [3.8, 4) is 11.1 Å². The third-order valence-corrected chi connectivity index (χ3v) is 5.92. The minimum Gasteiger partial charge on any atom is -0.444 e. The second-order valence-corrected chi connectivity index (χ2v) is 10.1. The minimum absolute atomic E-state index is 0.132. The van der Waals surface area contributed by atoms with E-state index in [-0.39, 0.29) is 12.5 Å². The molecule has 0 atom stereocenters. The van der Waals surface area contributed by atoms with Gasteiger partial charge in [-0.1, -0.05) is 18.2 Å². The highest BCUT2D eigenvalue weighted by Crippen LogP contribution is 2.22. The number of hydrogen-bond donors (Lipinski definition) is 1. The first-order chi connectivity index (χ1) is 18.2. The van der Waals surface area contributed by atoms with Crippen molar-refractivity contribution in [3.05, 3.63) is 60.7 Å². The van der Waals surface area contributed by atoms with Crippen molar-refractivity contribution in [1.29, 1.82) is 0 Å². The normalized spacial score (nSPS) is 13.7. The van der Waals surface area contributed by atoms with Gasteiger partial charge in [-0.3, -0.25) is 4.79 Å². The summed E-state index contributed by atoms with van der Waals surface area (Å²) in [4.78, 5) is 48.1. The lowest BCUT2D eigenvalue weighted by Crippen LogP contribution is -2.47. The van der Waals surface area contributed by atoms with Crippen LogP contribution >= 0.6 is 0 Å². The summed E-state index contributed by atoms with van der Waals surface area (Å²) >= 11 is 0. The van der Waals surface area contributed by atoms with Crippen LogP contribution in [0, 0.1) is 0 Å². The lowest BCUT2D eigenvalue weighted by Gasteiger charge is -2.34. The molecule has 1 aromatic carbocycles. The largest absolute Gasteiger partial charge is 0.444 e. The van der Waals surface area contributed by atoms with Gasteiger partial charge < -0.3 is 24.8 Å². The van der Waals surface area contributed by atoms with E-state index in [1.807, 2.05) is 42.7 Å². The Morgan fingerprint density at radius 1 is 0.921 bits per heavy atom. The van der Waals surface area contributed by atoms with Gasteiger partial charge in [0.1, 0.15) is 12.1 Å². The van der Waals surface area contributed by atoms with E-state index in [2.05, 4.69) is 35.1 Å². The molecule has 3 aromatic rings. The van der Waals surface area contributed by atoms with Crippen LogP contribution in [-0.2, 0) is 16.1 Å². The zero-order chi connectivity index (χ0) is 27.1. The summed E-state index contributed by atoms with van der Waals surface area (Å²) in [6, 6.07) is 9.73. The predicted molar refractivity (Wildman–Crippen MR) is 145 cm³/mol. The second-order valence-electron chi connectivity index (χ2n) is 10.1. The van der Waals surface area contributed by atoms with Gasteiger partial charge in [-0.15, -0.1) is 0 Å². The molecule has 0 spiro atoms. The van der Waals surface area contributed by atoms with Gasteiger partial charge in [0, 0.05) is 70.1 Å². The Bertz CT molecular complexity index is 1220. The SMILES string of the molecule is CN(Cc1cccc(-c2cnc(N3CCN(c4ncccn4)CC3)nc2)c1)C(=O)CNC(=O)OC(C)(C)C. The number of carbonyl (C=O) groups is 2. The van der Waals surface area contributed by atoms with Crippen LogP contribution < -0.4 is 15.1 Å². The monoisotopic (exact) mass is 518 g/mol. The fourth-order valence-electron chi connectivity index (χ4n) is 4.00. The highest BCUT2D eigenvalue weighted by atomic mass is 16.6. The van der Waals surface area contributed by atoms with E-state index in [4.69, 9.17) is 4.74 Å². The van der Waals surface area contributed by atoms with Crippen LogP contribution in [0.25, 0.3) is 11.1 Å². The first-order valence-corrected chi connectivity index (χ1v) is 12.6. The Kier molecular flexibility index (Phi) is 8.35. The number of benzene rings is 1. The van der Waals surface area contributed by atoms with Gasteiger partial charge in [0.2, 0.25) is 17.8 Å². The zero-order valence-corrected chi connectivity index (χ0v) is 22.3. The number of amides is 2. The second kappa shape index (κ2) is 11.8. The molecule has 0 aliphatic carbocycles. The van der Waals surface area contributed by atoms with Crippen LogP contribution in [0.4, 0.5) is 16.7 Å². The Morgan fingerprint density at radius 2 is 1.53 bits per heavy atom. The maximum Gasteiger partial charge on any atom is 0.408 e. The Hall–Kier alpha value is -4.28. The number of rotatable bonds is 7. The predicted octanol–water partition coefficient (Wildman–Crippen LogP) is 2.74. The van der Waals surface area contributed by atoms with Crippen LogP contribution in [0.1, 0.15) is 26.3 Å². The first kappa shape index (κ1) is 26.8. The molecule has 1 aliphatic heterocycles. The van der Waals surface area contributed by atoms with E-state index in [1.165, 1.54) is 0 Å². The molecule has 3 heterocycles. The summed E-state index contributed by atoms with van der Waals surface area (Å²) < 4.78 is 5.18. The van der Waals surface area contributed by atoms with Crippen LogP contribution in [0.3, 0.4) is 0 Å². The molecular weight excluding hydrogens is 484 g/mol. The van der Waals surface area contributed by atoms with Crippen molar-refractivity contribution in [1.82, 2.24) is 30.2 Å². The maximum absolute atomic E-state index is 12.5. The van der Waals surface area contributed by atoms with Gasteiger partial charge in [0.05, 0.1) is 0 Å². The molecular formula is C27H34N8O3. The first-order valence-electron chi connectivity index (χ1n) is 12.6. The van der Waals surface area contributed by atoms with E-state index in [0.717, 1.165) is 48.8 Å². The molecule has 200 valence electrons. The Balaban J connectivity index is 1.31. The van der Waals surface area contributed by atoms with Crippen molar-refractivity contribution >= 4 is 23.9 Å². The van der Waals surface area contributed by atoms with Gasteiger partial charge in [-0.05, 0) is 44.0 Å². The van der Waals surface area contributed by atoms with Gasteiger partial charge >= 0.3 is 6.09 Å². The summed E-state index contributed by atoms with van der Waals surface area (Å²) in [5, 5.41) is 2.50. The third kappa shape index (κ3) is 7.37. The lowest BCUT2D eigenvalue weighted by atomic mass is 10.1. The molecule has 38 heavy (non-hydrogen) atoms. The van der Waals surface area contributed by atoms with Crippen molar-refractivity contribution < 1.29 is 14.3 Å². The zero-order valence-electron chi connectivity index (χ0n) is 22.3. The molecule has 1 saturated heterocycles. The van der Waals surface area contributed by atoms with Gasteiger partial charge in [-0.25, -0.2) is 24.7 Å². The molecule has 1 N–H and O–H groups in total. The summed E-state index contributed by atoms with van der Waals surface area (Å²) in [7, 11) is 1.70. The summed E-state index contributed by atoms with van der Waals surface area (Å²) in [6.45, 7) is 8.77. The van der Waals surface area contributed by atoms with Crippen LogP contribution in [0.15, 0.2) is 55.1 Å². The lowest BCUT2D eigenvalue weighted by molar-refractivity contribution is -0.129. The summed E-state index contributed by atoms with van der Waals surface area (Å²) in [5.41, 5.74) is 2.20. The van der Waals surface area contributed by atoms with E-state index >= 15 is 0 Å². The molecule has 11 heteroatoms. The van der Waals surface area contributed by atoms with Crippen molar-refractivity contribution in [2.75, 3.05) is 49.6 Å². The van der Waals surface area contributed by atoms with Crippen LogP contribution in [-0.4, -0.2) is 82.2 Å². The molecule has 2 aromatic heterocycles. The topological polar surface area (TPSA) is 117 Å². The fraction of sp³-hybridized carbons (Fsp3) is 0.407. The van der Waals surface area contributed by atoms with Crippen molar-refractivity contribution in [2.45, 2.75) is 32.9 Å². The molecule has 4 rings (SSSR count). The van der Waals surface area contributed by atoms with E-state index < -0.39 is 11.7 Å². The average molecular weight is 519 g/mol. The fourth-order valence-corrected chi connectivity index (χ4v) is 4.00. The number of nitrogens with zero attached hydrogens (tertiary/aromatic N) is 7. The molecule has 0 bridgehead atoms. The van der Waals surface area contributed by atoms with E-state index in [0.29, 0.717) is 12.5 Å². The summed E-state index contributed by atoms with van der Waals surface area (Å²) in [5.74, 6) is 1.23. The average Bonchev–Trinajstić information content (AvgIpc) is 2.91. The molecule has 1 aliphatic rings. The number of anilines is 2. The number of likely N-dealkylation sites (N-methyl/N-ethyl adjacent to an activating group) is 1. The number of carbonyl (C=O) groups excluding carboxylic acids is 2. The van der Waals surface area contributed by atoms with Crippen LogP contribution in [0.5, 0.6) is 0 Å². The minimum atomic E-state index is -0.617. The van der Waals surface area contributed by atoms with Crippen molar-refractivity contribution in [3.63, 3.8) is 0 Å². The molecule has 11 nitrogen and oxygen atoms in total. The van der Waals surface area contributed by atoms with E-state index in [1.54, 1.807) is 45.1 Å². The molecule has 2 amide bonds. The van der Waals surface area contributed by atoms with Crippen LogP contribution in [0.2, 0.25) is 0 Å². The Morgan fingerprint density at radius 3 is 2.13 bits per heavy atom. The standard InChI is InChI=1S/C27H34N8O3/c1-27(2,3)38-26(37)32-18-23(36)33(4)19-20-7-5-8-21(15-20)22-16-30-25(31-17-22)35-13-11-34(12-14-35)24-28-9-6-10-29-24/h5-10,15-17H,11-14,18-19H2,1-4H3,(H,32,37). The number of hydrogen-bond acceptors (Lipinski definition) is 9. The third-order valence-electron chi connectivity index (χ3n) is 5.92. The summed E-state index contributed by atoms with van der Waals surface area (Å²) in [6.07, 6.45) is 6.55. The smallest absolute Gasteiger partial charge is 0.408 e. The number of aromatic nitrogens is 4. The van der Waals surface area contributed by atoms with Gasteiger partial charge in [0.15, 0.2) is 0 Å². The quantitative estimate of drug-likeness (QED) is 0.504. The molecule has 0 radical (unpaired) electrons. The molecule has 0 unspecified atom stereocenters.